The smallest absolute Gasteiger partial charge is 0.239 e. The zero-order chi connectivity index (χ0) is 9.68. The monoisotopic (exact) mass is 179 g/mol. The Labute approximate surface area is 77.6 Å². The third-order valence-electron chi connectivity index (χ3n) is 1.75. The van der Waals surface area contributed by atoms with E-state index in [4.69, 9.17) is 0 Å². The first-order valence-electron chi connectivity index (χ1n) is 4.08. The molecule has 0 saturated carbocycles. The average molecular weight is 179 g/mol. The van der Waals surface area contributed by atoms with Gasteiger partial charge >= 0.3 is 0 Å². The minimum atomic E-state index is -0.0145. The molecule has 0 radical (unpaired) electrons. The molecule has 1 aliphatic heterocycles. The highest BCUT2D eigenvalue weighted by Crippen LogP contribution is 2.05. The first kappa shape index (κ1) is 9.51. The summed E-state index contributed by atoms with van der Waals surface area (Å²) < 4.78 is 0. The van der Waals surface area contributed by atoms with Crippen LogP contribution >= 0.6 is 0 Å². The predicted octanol–water partition coefficient (Wildman–Crippen LogP) is 0.494. The number of nitrogens with one attached hydrogen (secondary N) is 1. The maximum absolute atomic E-state index is 11.1. The van der Waals surface area contributed by atoms with E-state index in [1.165, 1.54) is 0 Å². The van der Waals surface area contributed by atoms with Crippen LogP contribution in [0.1, 0.15) is 6.92 Å². The van der Waals surface area contributed by atoms with Crippen LogP contribution in [-0.4, -0.2) is 30.6 Å². The van der Waals surface area contributed by atoms with Gasteiger partial charge in [-0.15, -0.1) is 0 Å². The van der Waals surface area contributed by atoms with E-state index in [0.717, 1.165) is 5.70 Å². The van der Waals surface area contributed by atoms with Crippen molar-refractivity contribution in [1.29, 1.82) is 0 Å². The number of likely N-dealkylation sites (N-methyl/N-ethyl adjacent to an activating group) is 1. The van der Waals surface area contributed by atoms with Gasteiger partial charge < -0.3 is 10.2 Å². The first-order valence-corrected chi connectivity index (χ1v) is 4.08. The topological polar surface area (TPSA) is 44.7 Å². The largest absolute Gasteiger partial charge is 0.358 e. The zero-order valence-corrected chi connectivity index (χ0v) is 7.82. The van der Waals surface area contributed by atoms with Crippen LogP contribution in [0.25, 0.3) is 0 Å². The Bertz CT molecular complexity index is 279. The molecule has 1 heterocycles. The Balaban J connectivity index is 2.64. The van der Waals surface area contributed by atoms with Crippen molar-refractivity contribution in [2.75, 3.05) is 13.6 Å². The lowest BCUT2D eigenvalue weighted by Crippen LogP contribution is -2.31. The molecule has 0 aromatic rings. The highest BCUT2D eigenvalue weighted by atomic mass is 16.1. The van der Waals surface area contributed by atoms with Crippen molar-refractivity contribution in [3.63, 3.8) is 0 Å². The van der Waals surface area contributed by atoms with Gasteiger partial charge in [0.25, 0.3) is 0 Å². The molecule has 0 bridgehead atoms. The van der Waals surface area contributed by atoms with Gasteiger partial charge in [-0.2, -0.15) is 0 Å². The Morgan fingerprint density at radius 3 is 3.15 bits per heavy atom. The molecule has 0 aromatic carbocycles. The summed E-state index contributed by atoms with van der Waals surface area (Å²) in [6, 6.07) is 0. The fourth-order valence-corrected chi connectivity index (χ4v) is 0.946. The third-order valence-corrected chi connectivity index (χ3v) is 1.75. The Kier molecular flexibility index (Phi) is 3.25. The van der Waals surface area contributed by atoms with Crippen molar-refractivity contribution < 1.29 is 4.79 Å². The fourth-order valence-electron chi connectivity index (χ4n) is 0.946. The van der Waals surface area contributed by atoms with E-state index < -0.39 is 0 Å². The second-order valence-corrected chi connectivity index (χ2v) is 2.71. The molecule has 0 aromatic heterocycles. The van der Waals surface area contributed by atoms with Gasteiger partial charge in [-0.1, -0.05) is 0 Å². The van der Waals surface area contributed by atoms with Crippen LogP contribution in [-0.2, 0) is 4.79 Å². The van der Waals surface area contributed by atoms with E-state index >= 15 is 0 Å². The summed E-state index contributed by atoms with van der Waals surface area (Å²) in [5.74, 6) is -0.0145. The molecule has 0 saturated heterocycles. The summed E-state index contributed by atoms with van der Waals surface area (Å²) in [7, 11) is 1.62. The predicted molar refractivity (Wildman–Crippen MR) is 52.2 cm³/mol. The molecular weight excluding hydrogens is 166 g/mol. The van der Waals surface area contributed by atoms with Crippen molar-refractivity contribution in [2.45, 2.75) is 6.92 Å². The minimum Gasteiger partial charge on any atom is -0.358 e. The van der Waals surface area contributed by atoms with Crippen LogP contribution < -0.4 is 5.32 Å². The van der Waals surface area contributed by atoms with Crippen LogP contribution in [0.2, 0.25) is 0 Å². The zero-order valence-electron chi connectivity index (χ0n) is 7.82. The second kappa shape index (κ2) is 4.45. The van der Waals surface area contributed by atoms with Crippen molar-refractivity contribution in [3.05, 3.63) is 24.2 Å². The van der Waals surface area contributed by atoms with Gasteiger partial charge in [-0.05, 0) is 13.0 Å². The van der Waals surface area contributed by atoms with Crippen molar-refractivity contribution in [2.24, 2.45) is 4.99 Å². The van der Waals surface area contributed by atoms with Crippen LogP contribution in [0.5, 0.6) is 0 Å². The highest BCUT2D eigenvalue weighted by molar-refractivity contribution is 5.78. The third kappa shape index (κ3) is 2.74. The maximum atomic E-state index is 11.1. The van der Waals surface area contributed by atoms with Gasteiger partial charge in [0.05, 0.1) is 0 Å². The van der Waals surface area contributed by atoms with Crippen molar-refractivity contribution >= 4 is 12.1 Å². The van der Waals surface area contributed by atoms with Crippen LogP contribution in [0.4, 0.5) is 0 Å². The number of carbonyl (C=O) groups is 1. The lowest BCUT2D eigenvalue weighted by molar-refractivity contribution is -0.120. The molecule has 1 aliphatic rings. The van der Waals surface area contributed by atoms with Gasteiger partial charge in [0.1, 0.15) is 6.54 Å². The number of rotatable bonds is 2. The summed E-state index contributed by atoms with van der Waals surface area (Å²) in [5, 5.41) is 2.57. The summed E-state index contributed by atoms with van der Waals surface area (Å²) >= 11 is 0. The number of hydrogen-bond donors (Lipinski definition) is 1. The van der Waals surface area contributed by atoms with E-state index in [9.17, 15) is 4.79 Å². The molecular formula is C9H13N3O. The van der Waals surface area contributed by atoms with E-state index in [1.54, 1.807) is 25.5 Å². The standard InChI is InChI=1S/C9H13N3O/c1-8-6-11-4-3-5-12(8)7-9(13)10-2/h3-6H,7H2,1-2H3,(H,10,13). The number of hydrogen-bond acceptors (Lipinski definition) is 3. The molecule has 70 valence electrons. The molecule has 0 spiro atoms. The molecule has 4 heteroatoms. The number of carbonyl (C=O) groups excluding carboxylic acids is 1. The summed E-state index contributed by atoms with van der Waals surface area (Å²) in [4.78, 5) is 16.9. The SMILES string of the molecule is CNC(=O)CN1C=CC=NC=C1C. The molecule has 1 N–H and O–H groups in total. The number of aliphatic imine (C=N–C) groups is 1. The lowest BCUT2D eigenvalue weighted by Gasteiger charge is -2.18. The van der Waals surface area contributed by atoms with Crippen LogP contribution in [0.3, 0.4) is 0 Å². The normalized spacial score (nSPS) is 15.2. The Hall–Kier alpha value is -1.58. The van der Waals surface area contributed by atoms with Crippen molar-refractivity contribution in [3.8, 4) is 0 Å². The van der Waals surface area contributed by atoms with Gasteiger partial charge in [0.2, 0.25) is 5.91 Å². The highest BCUT2D eigenvalue weighted by Gasteiger charge is 2.07. The fraction of sp³-hybridized carbons (Fsp3) is 0.333. The quantitative estimate of drug-likeness (QED) is 0.670. The van der Waals surface area contributed by atoms with E-state index in [-0.39, 0.29) is 5.91 Å². The van der Waals surface area contributed by atoms with Crippen molar-refractivity contribution in [1.82, 2.24) is 10.2 Å². The molecule has 0 unspecified atom stereocenters. The molecule has 13 heavy (non-hydrogen) atoms. The van der Waals surface area contributed by atoms with Crippen LogP contribution in [0.15, 0.2) is 29.2 Å². The first-order chi connectivity index (χ1) is 6.24. The van der Waals surface area contributed by atoms with Gasteiger partial charge in [-0.3, -0.25) is 9.79 Å². The molecule has 1 amide bonds. The second-order valence-electron chi connectivity index (χ2n) is 2.71. The van der Waals surface area contributed by atoms with Gasteiger partial charge in [0, 0.05) is 31.4 Å². The summed E-state index contributed by atoms with van der Waals surface area (Å²) in [5.41, 5.74) is 0.952. The Morgan fingerprint density at radius 1 is 1.69 bits per heavy atom. The summed E-state index contributed by atoms with van der Waals surface area (Å²) in [6.45, 7) is 2.24. The number of nitrogens with zero attached hydrogens (tertiary/aromatic N) is 2. The number of amides is 1. The molecule has 4 nitrogen and oxygen atoms in total. The maximum Gasteiger partial charge on any atom is 0.239 e. The average Bonchev–Trinajstić information content (AvgIpc) is 2.32. The lowest BCUT2D eigenvalue weighted by atomic mass is 10.4. The van der Waals surface area contributed by atoms with Gasteiger partial charge in [-0.25, -0.2) is 0 Å². The van der Waals surface area contributed by atoms with Gasteiger partial charge in [0.15, 0.2) is 0 Å². The molecule has 1 rings (SSSR count). The Morgan fingerprint density at radius 2 is 2.46 bits per heavy atom. The molecule has 0 aliphatic carbocycles. The van der Waals surface area contributed by atoms with E-state index in [2.05, 4.69) is 10.3 Å². The number of allylic oxidation sites excluding steroid dienone is 2. The van der Waals surface area contributed by atoms with E-state index in [0.29, 0.717) is 6.54 Å². The summed E-state index contributed by atoms with van der Waals surface area (Å²) in [6.07, 6.45) is 7.05. The van der Waals surface area contributed by atoms with E-state index in [1.807, 2.05) is 18.0 Å². The molecule has 0 fully saturated rings. The molecule has 0 atom stereocenters. The minimum absolute atomic E-state index is 0.0145. The van der Waals surface area contributed by atoms with Crippen LogP contribution in [0, 0.1) is 0 Å².